The van der Waals surface area contributed by atoms with Crippen molar-refractivity contribution in [2.45, 2.75) is 26.4 Å². The average molecular weight is 494 g/mol. The second-order valence-electron chi connectivity index (χ2n) is 8.10. The summed E-state index contributed by atoms with van der Waals surface area (Å²) in [6.07, 6.45) is 1.37. The van der Waals surface area contributed by atoms with E-state index in [1.807, 2.05) is 12.1 Å². The molecule has 10 nitrogen and oxygen atoms in total. The number of nitrogens with one attached hydrogen (secondary N) is 1. The van der Waals surface area contributed by atoms with Crippen molar-refractivity contribution in [1.29, 1.82) is 0 Å². The zero-order valence-corrected chi connectivity index (χ0v) is 20.3. The fourth-order valence-corrected chi connectivity index (χ4v) is 3.31. The molecule has 0 aromatic heterocycles. The number of methoxy groups -OCH3 is 2. The lowest BCUT2D eigenvalue weighted by atomic mass is 10.0. The number of hydrazone groups is 1. The smallest absolute Gasteiger partial charge is 0.311 e. The summed E-state index contributed by atoms with van der Waals surface area (Å²) in [4.78, 5) is 22.5. The maximum atomic E-state index is 12.3. The van der Waals surface area contributed by atoms with Gasteiger partial charge >= 0.3 is 5.69 Å². The van der Waals surface area contributed by atoms with E-state index in [4.69, 9.17) is 14.2 Å². The number of rotatable bonds is 10. The summed E-state index contributed by atoms with van der Waals surface area (Å²) in [5.74, 6) is 0.472. The van der Waals surface area contributed by atoms with Gasteiger partial charge in [-0.25, -0.2) is 5.43 Å². The monoisotopic (exact) mass is 493 g/mol. The van der Waals surface area contributed by atoms with Gasteiger partial charge in [0, 0.05) is 17.2 Å². The molecule has 0 saturated heterocycles. The molecule has 10 heteroatoms. The third-order valence-electron chi connectivity index (χ3n) is 5.33. The highest BCUT2D eigenvalue weighted by atomic mass is 16.6. The average Bonchev–Trinajstić information content (AvgIpc) is 2.87. The minimum Gasteiger partial charge on any atom is -0.502 e. The van der Waals surface area contributed by atoms with Gasteiger partial charge in [-0.05, 0) is 41.3 Å². The normalized spacial score (nSPS) is 10.9. The molecule has 0 spiro atoms. The Bertz CT molecular complexity index is 1250. The van der Waals surface area contributed by atoms with Crippen molar-refractivity contribution >= 4 is 17.8 Å². The van der Waals surface area contributed by atoms with Crippen molar-refractivity contribution in [3.8, 4) is 23.0 Å². The second-order valence-corrected chi connectivity index (χ2v) is 8.10. The van der Waals surface area contributed by atoms with Crippen LogP contribution in [0.1, 0.15) is 46.8 Å². The molecule has 0 aliphatic rings. The Morgan fingerprint density at radius 2 is 1.72 bits per heavy atom. The summed E-state index contributed by atoms with van der Waals surface area (Å²) >= 11 is 0. The summed E-state index contributed by atoms with van der Waals surface area (Å²) in [6.45, 7) is 4.58. The molecule has 188 valence electrons. The van der Waals surface area contributed by atoms with Crippen molar-refractivity contribution in [2.24, 2.45) is 5.10 Å². The summed E-state index contributed by atoms with van der Waals surface area (Å²) in [7, 11) is 3.00. The predicted molar refractivity (Wildman–Crippen MR) is 134 cm³/mol. The Labute approximate surface area is 208 Å². The molecule has 0 saturated carbocycles. The number of hydrogen-bond acceptors (Lipinski definition) is 8. The third-order valence-corrected chi connectivity index (χ3v) is 5.33. The molecule has 3 aromatic rings. The molecule has 0 fully saturated rings. The van der Waals surface area contributed by atoms with Gasteiger partial charge in [0.2, 0.25) is 5.75 Å². The molecule has 0 atom stereocenters. The number of hydrogen-bond donors (Lipinski definition) is 2. The first kappa shape index (κ1) is 26.0. The summed E-state index contributed by atoms with van der Waals surface area (Å²) in [5.41, 5.74) is 4.47. The molecule has 0 radical (unpaired) electrons. The van der Waals surface area contributed by atoms with Crippen molar-refractivity contribution in [2.75, 3.05) is 14.2 Å². The van der Waals surface area contributed by atoms with E-state index in [1.165, 1.54) is 32.1 Å². The molecule has 0 bridgehead atoms. The highest BCUT2D eigenvalue weighted by Gasteiger charge is 2.17. The summed E-state index contributed by atoms with van der Waals surface area (Å²) in [5, 5.41) is 24.4. The van der Waals surface area contributed by atoms with E-state index in [-0.39, 0.29) is 5.56 Å². The Morgan fingerprint density at radius 1 is 1.08 bits per heavy atom. The molecule has 3 aromatic carbocycles. The van der Waals surface area contributed by atoms with Crippen LogP contribution in [-0.4, -0.2) is 36.4 Å². The standard InChI is InChI=1S/C26H27N3O7/c1-16(2)19-7-5-17(6-8-19)15-36-25-23(34-3)11-18(12-24(25)35-4)14-27-28-26(31)20-9-10-22(30)21(13-20)29(32)33/h5-14,16,30H,15H2,1-4H3,(H,28,31)/b27-14+. The lowest BCUT2D eigenvalue weighted by molar-refractivity contribution is -0.385. The van der Waals surface area contributed by atoms with E-state index in [1.54, 1.807) is 12.1 Å². The van der Waals surface area contributed by atoms with Crippen LogP contribution in [0.3, 0.4) is 0 Å². The fourth-order valence-electron chi connectivity index (χ4n) is 3.31. The van der Waals surface area contributed by atoms with Gasteiger partial charge in [-0.1, -0.05) is 38.1 Å². The maximum Gasteiger partial charge on any atom is 0.311 e. The Hall–Kier alpha value is -4.60. The first-order valence-electron chi connectivity index (χ1n) is 11.0. The number of nitro benzene ring substituents is 1. The van der Waals surface area contributed by atoms with Crippen LogP contribution in [-0.2, 0) is 6.61 Å². The molecular weight excluding hydrogens is 466 g/mol. The zero-order chi connectivity index (χ0) is 26.2. The highest BCUT2D eigenvalue weighted by Crippen LogP contribution is 2.38. The molecule has 2 N–H and O–H groups in total. The van der Waals surface area contributed by atoms with Gasteiger partial charge in [-0.2, -0.15) is 5.10 Å². The van der Waals surface area contributed by atoms with Crippen molar-refractivity contribution in [1.82, 2.24) is 5.43 Å². The summed E-state index contributed by atoms with van der Waals surface area (Å²) in [6, 6.07) is 14.8. The minimum atomic E-state index is -0.780. The van der Waals surface area contributed by atoms with Gasteiger partial charge in [0.25, 0.3) is 5.91 Å². The molecule has 0 unspecified atom stereocenters. The van der Waals surface area contributed by atoms with Crippen molar-refractivity contribution in [3.63, 3.8) is 0 Å². The van der Waals surface area contributed by atoms with Crippen LogP contribution in [0.2, 0.25) is 0 Å². The van der Waals surface area contributed by atoms with Gasteiger partial charge in [0.15, 0.2) is 17.2 Å². The number of aromatic hydroxyl groups is 1. The number of phenols is 1. The van der Waals surface area contributed by atoms with Gasteiger partial charge in [0.05, 0.1) is 25.4 Å². The number of carbonyl (C=O) groups excluding carboxylic acids is 1. The van der Waals surface area contributed by atoms with Gasteiger partial charge in [-0.3, -0.25) is 14.9 Å². The quantitative estimate of drug-likeness (QED) is 0.236. The first-order valence-corrected chi connectivity index (χ1v) is 11.0. The van der Waals surface area contributed by atoms with Crippen molar-refractivity contribution < 1.29 is 29.0 Å². The minimum absolute atomic E-state index is 0.0306. The predicted octanol–water partition coefficient (Wildman–Crippen LogP) is 4.78. The lowest BCUT2D eigenvalue weighted by Crippen LogP contribution is -2.17. The molecule has 0 aliphatic heterocycles. The third kappa shape index (κ3) is 6.29. The second kappa shape index (κ2) is 11.7. The van der Waals surface area contributed by atoms with E-state index in [0.717, 1.165) is 17.7 Å². The number of nitro groups is 1. The molecular formula is C26H27N3O7. The molecule has 1 amide bonds. The number of phenolic OH excluding ortho intramolecular Hbond substituents is 1. The lowest BCUT2D eigenvalue weighted by Gasteiger charge is -2.15. The number of nitrogens with zero attached hydrogens (tertiary/aromatic N) is 2. The van der Waals surface area contributed by atoms with Gasteiger partial charge in [0.1, 0.15) is 6.61 Å². The largest absolute Gasteiger partial charge is 0.502 e. The van der Waals surface area contributed by atoms with E-state index >= 15 is 0 Å². The zero-order valence-electron chi connectivity index (χ0n) is 20.3. The molecule has 0 heterocycles. The van der Waals surface area contributed by atoms with Crippen molar-refractivity contribution in [3.05, 3.63) is 87.0 Å². The molecule has 3 rings (SSSR count). The molecule has 0 aliphatic carbocycles. The van der Waals surface area contributed by atoms with Crippen LogP contribution in [0.4, 0.5) is 5.69 Å². The van der Waals surface area contributed by atoms with Crippen LogP contribution in [0, 0.1) is 10.1 Å². The number of benzene rings is 3. The SMILES string of the molecule is COc1cc(/C=N/NC(=O)c2ccc(O)c([N+](=O)[O-])c2)cc(OC)c1OCc1ccc(C(C)C)cc1. The van der Waals surface area contributed by atoms with Crippen LogP contribution in [0.5, 0.6) is 23.0 Å². The number of ether oxygens (including phenoxy) is 3. The van der Waals surface area contributed by atoms with E-state index < -0.39 is 22.3 Å². The van der Waals surface area contributed by atoms with E-state index in [2.05, 4.69) is 36.5 Å². The maximum absolute atomic E-state index is 12.3. The first-order chi connectivity index (χ1) is 17.2. The topological polar surface area (TPSA) is 133 Å². The Balaban J connectivity index is 1.73. The molecule has 36 heavy (non-hydrogen) atoms. The Morgan fingerprint density at radius 3 is 2.28 bits per heavy atom. The summed E-state index contributed by atoms with van der Waals surface area (Å²) < 4.78 is 16.9. The number of amides is 1. The van der Waals surface area contributed by atoms with Crippen LogP contribution < -0.4 is 19.6 Å². The van der Waals surface area contributed by atoms with Crippen LogP contribution in [0.25, 0.3) is 0 Å². The van der Waals surface area contributed by atoms with Gasteiger partial charge < -0.3 is 19.3 Å². The Kier molecular flexibility index (Phi) is 8.45. The number of carbonyl (C=O) groups is 1. The fraction of sp³-hybridized carbons (Fsp3) is 0.231. The van der Waals surface area contributed by atoms with Gasteiger partial charge in [-0.15, -0.1) is 0 Å². The van der Waals surface area contributed by atoms with Crippen LogP contribution in [0.15, 0.2) is 59.7 Å². The highest BCUT2D eigenvalue weighted by molar-refractivity contribution is 5.95. The van der Waals surface area contributed by atoms with E-state index in [0.29, 0.717) is 35.3 Å². The van der Waals surface area contributed by atoms with Crippen LogP contribution >= 0.6 is 0 Å². The van der Waals surface area contributed by atoms with E-state index in [9.17, 15) is 20.0 Å².